The predicted molar refractivity (Wildman–Crippen MR) is 92.0 cm³/mol. The molecule has 1 unspecified atom stereocenters. The quantitative estimate of drug-likeness (QED) is 0.657. The maximum Gasteiger partial charge on any atom is 0.227 e. The Balaban J connectivity index is 2.03. The Bertz CT molecular complexity index is 700. The molecule has 0 radical (unpaired) electrons. The molecule has 5 heteroatoms. The van der Waals surface area contributed by atoms with Crippen molar-refractivity contribution < 1.29 is 4.79 Å². The zero-order valence-electron chi connectivity index (χ0n) is 11.7. The van der Waals surface area contributed by atoms with Gasteiger partial charge < -0.3 is 4.90 Å². The van der Waals surface area contributed by atoms with Gasteiger partial charge in [-0.15, -0.1) is 0 Å². The number of piperidine rings is 1. The first-order valence-corrected chi connectivity index (χ1v) is 8.22. The Labute approximate surface area is 144 Å². The SMILES string of the molecule is O=C1CCCC(c2ccc(Cl)cc2Cl)N1c1ccc(Cl)cc1. The molecule has 2 aromatic rings. The predicted octanol–water partition coefficient (Wildman–Crippen LogP) is 5.91. The van der Waals surface area contributed by atoms with E-state index in [9.17, 15) is 4.79 Å². The van der Waals surface area contributed by atoms with Gasteiger partial charge >= 0.3 is 0 Å². The maximum absolute atomic E-state index is 12.5. The second kappa shape index (κ2) is 6.49. The van der Waals surface area contributed by atoms with Crippen LogP contribution in [-0.2, 0) is 4.79 Å². The molecule has 1 atom stereocenters. The zero-order valence-corrected chi connectivity index (χ0v) is 14.0. The number of rotatable bonds is 2. The molecule has 1 aliphatic heterocycles. The molecule has 2 aromatic carbocycles. The summed E-state index contributed by atoms with van der Waals surface area (Å²) in [6, 6.07) is 12.7. The molecule has 0 N–H and O–H groups in total. The van der Waals surface area contributed by atoms with Crippen molar-refractivity contribution in [2.75, 3.05) is 4.90 Å². The fourth-order valence-electron chi connectivity index (χ4n) is 2.86. The Morgan fingerprint density at radius 3 is 2.32 bits per heavy atom. The molecule has 114 valence electrons. The lowest BCUT2D eigenvalue weighted by atomic mass is 9.94. The summed E-state index contributed by atoms with van der Waals surface area (Å²) in [5.74, 6) is 0.101. The summed E-state index contributed by atoms with van der Waals surface area (Å²) in [7, 11) is 0. The largest absolute Gasteiger partial charge is 0.305 e. The van der Waals surface area contributed by atoms with E-state index in [2.05, 4.69) is 0 Å². The Morgan fingerprint density at radius 1 is 0.955 bits per heavy atom. The minimum absolute atomic E-state index is 0.0767. The summed E-state index contributed by atoms with van der Waals surface area (Å²) in [4.78, 5) is 14.3. The molecule has 2 nitrogen and oxygen atoms in total. The van der Waals surface area contributed by atoms with Gasteiger partial charge in [-0.2, -0.15) is 0 Å². The Morgan fingerprint density at radius 2 is 1.64 bits per heavy atom. The molecular weight excluding hydrogens is 341 g/mol. The number of benzene rings is 2. The van der Waals surface area contributed by atoms with Crippen molar-refractivity contribution in [3.05, 3.63) is 63.1 Å². The van der Waals surface area contributed by atoms with E-state index in [4.69, 9.17) is 34.8 Å². The molecule has 0 saturated carbocycles. The second-order valence-corrected chi connectivity index (χ2v) is 6.59. The number of hydrogen-bond acceptors (Lipinski definition) is 1. The van der Waals surface area contributed by atoms with E-state index in [1.165, 1.54) is 0 Å². The van der Waals surface area contributed by atoms with Crippen LogP contribution in [0.2, 0.25) is 15.1 Å². The van der Waals surface area contributed by atoms with Gasteiger partial charge in [-0.25, -0.2) is 0 Å². The lowest BCUT2D eigenvalue weighted by Crippen LogP contribution is -2.38. The Hall–Kier alpha value is -1.22. The van der Waals surface area contributed by atoms with E-state index in [0.717, 1.165) is 24.1 Å². The van der Waals surface area contributed by atoms with E-state index in [1.807, 2.05) is 29.2 Å². The standard InChI is InChI=1S/C17H14Cl3NO/c18-11-4-7-13(8-5-11)21-16(2-1-3-17(21)22)14-9-6-12(19)10-15(14)20/h4-10,16H,1-3H2. The van der Waals surface area contributed by atoms with Crippen molar-refractivity contribution in [1.82, 2.24) is 0 Å². The van der Waals surface area contributed by atoms with Gasteiger partial charge in [-0.3, -0.25) is 4.79 Å². The lowest BCUT2D eigenvalue weighted by molar-refractivity contribution is -0.120. The van der Waals surface area contributed by atoms with Gasteiger partial charge in [0, 0.05) is 27.2 Å². The average molecular weight is 355 g/mol. The van der Waals surface area contributed by atoms with Crippen molar-refractivity contribution >= 4 is 46.4 Å². The van der Waals surface area contributed by atoms with Crippen molar-refractivity contribution in [2.45, 2.75) is 25.3 Å². The molecule has 1 amide bonds. The van der Waals surface area contributed by atoms with Crippen LogP contribution in [0.5, 0.6) is 0 Å². The summed E-state index contributed by atoms with van der Waals surface area (Å²) in [6.45, 7) is 0. The second-order valence-electron chi connectivity index (χ2n) is 5.31. The summed E-state index contributed by atoms with van der Waals surface area (Å²) >= 11 is 18.3. The minimum Gasteiger partial charge on any atom is -0.305 e. The van der Waals surface area contributed by atoms with Gasteiger partial charge in [0.1, 0.15) is 0 Å². The van der Waals surface area contributed by atoms with Crippen LogP contribution in [-0.4, -0.2) is 5.91 Å². The highest BCUT2D eigenvalue weighted by Crippen LogP contribution is 2.39. The lowest BCUT2D eigenvalue weighted by Gasteiger charge is -2.36. The van der Waals surface area contributed by atoms with Crippen LogP contribution in [0.25, 0.3) is 0 Å². The Kier molecular flexibility index (Phi) is 4.62. The number of hydrogen-bond donors (Lipinski definition) is 0. The molecule has 0 aromatic heterocycles. The molecule has 0 bridgehead atoms. The molecule has 3 rings (SSSR count). The smallest absolute Gasteiger partial charge is 0.227 e. The number of carbonyl (C=O) groups excluding carboxylic acids is 1. The van der Waals surface area contributed by atoms with Gasteiger partial charge in [0.15, 0.2) is 0 Å². The first kappa shape index (κ1) is 15.7. The highest BCUT2D eigenvalue weighted by Gasteiger charge is 2.31. The van der Waals surface area contributed by atoms with E-state index >= 15 is 0 Å². The van der Waals surface area contributed by atoms with Crippen molar-refractivity contribution in [3.8, 4) is 0 Å². The average Bonchev–Trinajstić information content (AvgIpc) is 2.48. The molecule has 1 heterocycles. The van der Waals surface area contributed by atoms with Crippen LogP contribution >= 0.6 is 34.8 Å². The number of nitrogens with zero attached hydrogens (tertiary/aromatic N) is 1. The third-order valence-corrected chi connectivity index (χ3v) is 4.69. The third-order valence-electron chi connectivity index (χ3n) is 3.87. The normalized spacial score (nSPS) is 18.6. The van der Waals surface area contributed by atoms with Crippen LogP contribution in [0.3, 0.4) is 0 Å². The molecule has 1 saturated heterocycles. The fourth-order valence-corrected chi connectivity index (χ4v) is 3.52. The summed E-state index contributed by atoms with van der Waals surface area (Å²) < 4.78 is 0. The summed E-state index contributed by atoms with van der Waals surface area (Å²) in [5, 5.41) is 1.83. The van der Waals surface area contributed by atoms with Crippen LogP contribution in [0.4, 0.5) is 5.69 Å². The van der Waals surface area contributed by atoms with E-state index in [1.54, 1.807) is 18.2 Å². The van der Waals surface area contributed by atoms with E-state index < -0.39 is 0 Å². The monoisotopic (exact) mass is 353 g/mol. The van der Waals surface area contributed by atoms with Gasteiger partial charge in [-0.1, -0.05) is 40.9 Å². The number of carbonyl (C=O) groups is 1. The number of anilines is 1. The molecule has 1 aliphatic rings. The van der Waals surface area contributed by atoms with Crippen LogP contribution in [0, 0.1) is 0 Å². The first-order valence-electron chi connectivity index (χ1n) is 7.09. The van der Waals surface area contributed by atoms with Gasteiger partial charge in [0.05, 0.1) is 6.04 Å². The van der Waals surface area contributed by atoms with Crippen LogP contribution < -0.4 is 4.90 Å². The maximum atomic E-state index is 12.5. The zero-order chi connectivity index (χ0) is 15.7. The van der Waals surface area contributed by atoms with Crippen molar-refractivity contribution in [1.29, 1.82) is 0 Å². The molecular formula is C17H14Cl3NO. The molecule has 1 fully saturated rings. The highest BCUT2D eigenvalue weighted by atomic mass is 35.5. The summed E-state index contributed by atoms with van der Waals surface area (Å²) in [5.41, 5.74) is 1.76. The summed E-state index contributed by atoms with van der Waals surface area (Å²) in [6.07, 6.45) is 2.27. The van der Waals surface area contributed by atoms with Crippen LogP contribution in [0.1, 0.15) is 30.9 Å². The van der Waals surface area contributed by atoms with Gasteiger partial charge in [-0.05, 0) is 54.8 Å². The highest BCUT2D eigenvalue weighted by molar-refractivity contribution is 6.35. The van der Waals surface area contributed by atoms with Gasteiger partial charge in [0.25, 0.3) is 0 Å². The number of halogens is 3. The molecule has 0 spiro atoms. The van der Waals surface area contributed by atoms with E-state index in [0.29, 0.717) is 21.5 Å². The molecule has 0 aliphatic carbocycles. The third kappa shape index (κ3) is 3.10. The van der Waals surface area contributed by atoms with Crippen molar-refractivity contribution in [2.24, 2.45) is 0 Å². The topological polar surface area (TPSA) is 20.3 Å². The number of amides is 1. The van der Waals surface area contributed by atoms with Crippen LogP contribution in [0.15, 0.2) is 42.5 Å². The van der Waals surface area contributed by atoms with E-state index in [-0.39, 0.29) is 11.9 Å². The minimum atomic E-state index is -0.0767. The molecule has 22 heavy (non-hydrogen) atoms. The van der Waals surface area contributed by atoms with Crippen molar-refractivity contribution in [3.63, 3.8) is 0 Å². The fraction of sp³-hybridized carbons (Fsp3) is 0.235. The first-order chi connectivity index (χ1) is 10.6. The van der Waals surface area contributed by atoms with Gasteiger partial charge in [0.2, 0.25) is 5.91 Å².